The first-order valence-electron chi connectivity index (χ1n) is 10.9. The molecule has 2 aromatic carbocycles. The molecule has 0 fully saturated rings. The molecule has 0 aliphatic carbocycles. The highest BCUT2D eigenvalue weighted by Crippen LogP contribution is 2.36. The van der Waals surface area contributed by atoms with E-state index in [4.69, 9.17) is 21.1 Å². The lowest BCUT2D eigenvalue weighted by Gasteiger charge is -2.09. The molecule has 1 aromatic heterocycles. The summed E-state index contributed by atoms with van der Waals surface area (Å²) >= 11 is 8.39. The number of rotatable bonds is 11. The second-order valence-corrected chi connectivity index (χ2v) is 9.43. The van der Waals surface area contributed by atoms with Gasteiger partial charge in [-0.3, -0.25) is 9.59 Å². The molecule has 0 bridgehead atoms. The van der Waals surface area contributed by atoms with Crippen LogP contribution in [0.4, 0.5) is 10.7 Å². The molecule has 0 saturated heterocycles. The number of thiophene rings is 1. The summed E-state index contributed by atoms with van der Waals surface area (Å²) in [6.07, 6.45) is 0. The smallest absolute Gasteiger partial charge is 0.341 e. The van der Waals surface area contributed by atoms with Crippen molar-refractivity contribution in [3.8, 4) is 16.9 Å². The number of carbonyl (C=O) groups excluding carboxylic acids is 3. The summed E-state index contributed by atoms with van der Waals surface area (Å²) in [4.78, 5) is 37.4. The van der Waals surface area contributed by atoms with Crippen molar-refractivity contribution >= 4 is 63.2 Å². The average molecular weight is 533 g/mol. The number of thioether (sulfide) groups is 1. The fourth-order valence-corrected chi connectivity index (χ4v) is 4.81. The Morgan fingerprint density at radius 1 is 0.914 bits per heavy atom. The Balaban J connectivity index is 1.57. The molecule has 2 amide bonds. The van der Waals surface area contributed by atoms with Crippen LogP contribution < -0.4 is 15.4 Å². The number of amides is 2. The van der Waals surface area contributed by atoms with E-state index in [2.05, 4.69) is 10.6 Å². The minimum Gasteiger partial charge on any atom is -0.494 e. The van der Waals surface area contributed by atoms with E-state index in [0.717, 1.165) is 11.3 Å². The highest BCUT2D eigenvalue weighted by Gasteiger charge is 2.23. The lowest BCUT2D eigenvalue weighted by molar-refractivity contribution is -0.114. The van der Waals surface area contributed by atoms with Crippen LogP contribution in [-0.2, 0) is 14.3 Å². The van der Waals surface area contributed by atoms with Crippen molar-refractivity contribution in [2.75, 3.05) is 35.4 Å². The number of halogens is 1. The van der Waals surface area contributed by atoms with Gasteiger partial charge in [-0.15, -0.1) is 23.1 Å². The third-order valence-electron chi connectivity index (χ3n) is 4.59. The Morgan fingerprint density at radius 3 is 2.20 bits per heavy atom. The van der Waals surface area contributed by atoms with Crippen LogP contribution in [0.1, 0.15) is 24.2 Å². The second kappa shape index (κ2) is 13.2. The van der Waals surface area contributed by atoms with Gasteiger partial charge in [0.1, 0.15) is 16.3 Å². The molecule has 0 saturated carbocycles. The van der Waals surface area contributed by atoms with E-state index in [1.807, 2.05) is 6.92 Å². The SMILES string of the molecule is CCOC(=O)c1c(-c2ccc(Cl)cc2)csc1NC(=O)CSCC(=O)Nc1ccc(OCC)cc1. The van der Waals surface area contributed by atoms with Crippen molar-refractivity contribution in [2.45, 2.75) is 13.8 Å². The molecular formula is C25H25ClN2O5S2. The van der Waals surface area contributed by atoms with E-state index in [1.165, 1.54) is 23.1 Å². The summed E-state index contributed by atoms with van der Waals surface area (Å²) in [7, 11) is 0. The van der Waals surface area contributed by atoms with Crippen LogP contribution in [0.2, 0.25) is 5.02 Å². The Kier molecular flexibility index (Phi) is 10.0. The average Bonchev–Trinajstić information content (AvgIpc) is 3.24. The van der Waals surface area contributed by atoms with E-state index in [9.17, 15) is 14.4 Å². The zero-order valence-corrected chi connectivity index (χ0v) is 21.6. The quantitative estimate of drug-likeness (QED) is 0.296. The van der Waals surface area contributed by atoms with Crippen LogP contribution in [0.5, 0.6) is 5.75 Å². The van der Waals surface area contributed by atoms with Gasteiger partial charge in [0.2, 0.25) is 11.8 Å². The number of ether oxygens (including phenoxy) is 2. The summed E-state index contributed by atoms with van der Waals surface area (Å²) < 4.78 is 10.6. The van der Waals surface area contributed by atoms with Crippen molar-refractivity contribution in [1.29, 1.82) is 0 Å². The fourth-order valence-electron chi connectivity index (χ4n) is 3.10. The normalized spacial score (nSPS) is 10.5. The van der Waals surface area contributed by atoms with E-state index < -0.39 is 5.97 Å². The molecule has 0 radical (unpaired) electrons. The van der Waals surface area contributed by atoms with Gasteiger partial charge >= 0.3 is 5.97 Å². The molecule has 1 heterocycles. The largest absolute Gasteiger partial charge is 0.494 e. The van der Waals surface area contributed by atoms with E-state index in [0.29, 0.717) is 33.4 Å². The Morgan fingerprint density at radius 2 is 1.57 bits per heavy atom. The molecule has 0 unspecified atom stereocenters. The summed E-state index contributed by atoms with van der Waals surface area (Å²) in [5, 5.41) is 8.34. The van der Waals surface area contributed by atoms with Gasteiger partial charge in [0.25, 0.3) is 0 Å². The molecule has 0 atom stereocenters. The predicted octanol–water partition coefficient (Wildman–Crippen LogP) is 5.95. The Bertz CT molecular complexity index is 1160. The number of hydrogen-bond acceptors (Lipinski definition) is 7. The van der Waals surface area contributed by atoms with E-state index in [-0.39, 0.29) is 29.9 Å². The van der Waals surface area contributed by atoms with E-state index in [1.54, 1.807) is 60.8 Å². The molecule has 10 heteroatoms. The lowest BCUT2D eigenvalue weighted by atomic mass is 10.0. The van der Waals surface area contributed by atoms with Crippen LogP contribution in [0.25, 0.3) is 11.1 Å². The van der Waals surface area contributed by atoms with Gasteiger partial charge in [0.15, 0.2) is 0 Å². The predicted molar refractivity (Wildman–Crippen MR) is 143 cm³/mol. The van der Waals surface area contributed by atoms with Gasteiger partial charge in [-0.2, -0.15) is 0 Å². The van der Waals surface area contributed by atoms with Crippen LogP contribution in [0.15, 0.2) is 53.9 Å². The van der Waals surface area contributed by atoms with Crippen molar-refractivity contribution in [3.63, 3.8) is 0 Å². The number of benzene rings is 2. The summed E-state index contributed by atoms with van der Waals surface area (Å²) in [5.41, 5.74) is 2.39. The summed E-state index contributed by atoms with van der Waals surface area (Å²) in [6, 6.07) is 14.1. The second-order valence-electron chi connectivity index (χ2n) is 7.13. The maximum Gasteiger partial charge on any atom is 0.341 e. The monoisotopic (exact) mass is 532 g/mol. The van der Waals surface area contributed by atoms with Crippen molar-refractivity contribution < 1.29 is 23.9 Å². The first kappa shape index (κ1) is 26.6. The Hall–Kier alpha value is -3.01. The lowest BCUT2D eigenvalue weighted by Crippen LogP contribution is -2.19. The van der Waals surface area contributed by atoms with Gasteiger partial charge in [-0.25, -0.2) is 4.79 Å². The first-order valence-corrected chi connectivity index (χ1v) is 13.3. The zero-order chi connectivity index (χ0) is 25.2. The molecule has 3 rings (SSSR count). The van der Waals surface area contributed by atoms with Gasteiger partial charge < -0.3 is 20.1 Å². The molecule has 0 spiro atoms. The third-order valence-corrected chi connectivity index (χ3v) is 6.67. The highest BCUT2D eigenvalue weighted by atomic mass is 35.5. The summed E-state index contributed by atoms with van der Waals surface area (Å²) in [6.45, 7) is 4.40. The molecule has 2 N–H and O–H groups in total. The minimum absolute atomic E-state index is 0.0488. The van der Waals surface area contributed by atoms with Crippen LogP contribution >= 0.6 is 34.7 Å². The van der Waals surface area contributed by atoms with Crippen LogP contribution in [0, 0.1) is 0 Å². The fraction of sp³-hybridized carbons (Fsp3) is 0.240. The van der Waals surface area contributed by atoms with Crippen LogP contribution in [-0.4, -0.2) is 42.5 Å². The van der Waals surface area contributed by atoms with Crippen molar-refractivity contribution in [1.82, 2.24) is 0 Å². The molecule has 0 aliphatic rings. The van der Waals surface area contributed by atoms with Gasteiger partial charge in [-0.05, 0) is 55.8 Å². The van der Waals surface area contributed by atoms with Crippen molar-refractivity contribution in [3.05, 3.63) is 64.5 Å². The molecular weight excluding hydrogens is 508 g/mol. The number of anilines is 2. The number of hydrogen-bond donors (Lipinski definition) is 2. The molecule has 35 heavy (non-hydrogen) atoms. The highest BCUT2D eigenvalue weighted by molar-refractivity contribution is 8.00. The summed E-state index contributed by atoms with van der Waals surface area (Å²) in [5.74, 6) is -0.180. The molecule has 3 aromatic rings. The van der Waals surface area contributed by atoms with E-state index >= 15 is 0 Å². The number of nitrogens with one attached hydrogen (secondary N) is 2. The first-order chi connectivity index (χ1) is 16.9. The third kappa shape index (κ3) is 7.74. The number of carbonyl (C=O) groups is 3. The zero-order valence-electron chi connectivity index (χ0n) is 19.3. The number of esters is 1. The van der Waals surface area contributed by atoms with Gasteiger partial charge in [-0.1, -0.05) is 23.7 Å². The van der Waals surface area contributed by atoms with Gasteiger partial charge in [0.05, 0.1) is 24.7 Å². The maximum absolute atomic E-state index is 12.6. The van der Waals surface area contributed by atoms with Crippen LogP contribution in [0.3, 0.4) is 0 Å². The van der Waals surface area contributed by atoms with Crippen molar-refractivity contribution in [2.24, 2.45) is 0 Å². The van der Waals surface area contributed by atoms with Gasteiger partial charge in [0, 0.05) is 21.7 Å². The molecule has 184 valence electrons. The molecule has 0 aliphatic heterocycles. The topological polar surface area (TPSA) is 93.7 Å². The Labute approximate surface area is 217 Å². The standard InChI is InChI=1S/C25H25ClN2O5S2/c1-3-32-19-11-9-18(10-12-19)27-21(29)14-34-15-22(30)28-24-23(25(31)33-4-2)20(13-35-24)16-5-7-17(26)8-6-16/h5-13H,3-4,14-15H2,1-2H3,(H,27,29)(H,28,30). The maximum atomic E-state index is 12.6. The minimum atomic E-state index is -0.517. The molecule has 7 nitrogen and oxygen atoms in total.